The molecule has 59 heavy (non-hydrogen) atoms. The van der Waals surface area contributed by atoms with Crippen LogP contribution >= 0.6 is 7.82 Å². The van der Waals surface area contributed by atoms with Gasteiger partial charge in [0, 0.05) is 6.42 Å². The summed E-state index contributed by atoms with van der Waals surface area (Å²) in [5, 5.41) is 13.5. The fourth-order valence-corrected chi connectivity index (χ4v) is 6.34. The SMILES string of the molecule is CC/C=C\C/C=C\C/C=C\C/C=C\C/C=C\C/C=C\C/C=C\C/C=C\CCCCCCCCCCC(=O)NC(COP(=O)([O-])OCC[N+](C)(C)C)C(O)/C=C/CCCC. The number of phosphoric ester groups is 1. The first kappa shape index (κ1) is 56.2. The molecule has 336 valence electrons. The van der Waals surface area contributed by atoms with Crippen LogP contribution in [0, 0.1) is 0 Å². The van der Waals surface area contributed by atoms with Crippen molar-refractivity contribution in [2.45, 2.75) is 161 Å². The minimum Gasteiger partial charge on any atom is -0.756 e. The number of rotatable bonds is 39. The molecule has 0 saturated carbocycles. The van der Waals surface area contributed by atoms with Crippen LogP contribution in [0.2, 0.25) is 0 Å². The van der Waals surface area contributed by atoms with Crippen LogP contribution in [0.3, 0.4) is 0 Å². The number of phosphoric acid groups is 1. The molecule has 0 radical (unpaired) electrons. The maximum Gasteiger partial charge on any atom is 0.268 e. The molecule has 0 heterocycles. The number of amides is 1. The molecule has 2 N–H and O–H groups in total. The molecule has 0 bridgehead atoms. The van der Waals surface area contributed by atoms with Crippen molar-refractivity contribution >= 4 is 13.7 Å². The fourth-order valence-electron chi connectivity index (χ4n) is 5.62. The molecule has 0 aromatic rings. The Kier molecular flexibility index (Phi) is 38.6. The van der Waals surface area contributed by atoms with Crippen molar-refractivity contribution < 1.29 is 32.9 Å². The molecule has 1 amide bonds. The number of carbonyl (C=O) groups is 1. The molecule has 0 aliphatic rings. The van der Waals surface area contributed by atoms with Crippen LogP contribution in [0.4, 0.5) is 0 Å². The van der Waals surface area contributed by atoms with E-state index in [-0.39, 0.29) is 12.5 Å². The number of hydrogen-bond acceptors (Lipinski definition) is 6. The summed E-state index contributed by atoms with van der Waals surface area (Å²) in [6, 6.07) is -0.894. The minimum atomic E-state index is -4.58. The monoisotopic (exact) mass is 841 g/mol. The van der Waals surface area contributed by atoms with Gasteiger partial charge < -0.3 is 28.8 Å². The van der Waals surface area contributed by atoms with Crippen molar-refractivity contribution in [1.82, 2.24) is 5.32 Å². The first-order valence-corrected chi connectivity index (χ1v) is 24.2. The molecular formula is C50H85N2O6P. The van der Waals surface area contributed by atoms with Crippen molar-refractivity contribution in [1.29, 1.82) is 0 Å². The van der Waals surface area contributed by atoms with Gasteiger partial charge in [-0.15, -0.1) is 0 Å². The standard InChI is InChI=1S/C50H85N2O6P/c1-6-8-10-12-13-14-15-16-17-18-19-20-21-22-23-24-25-26-27-28-29-30-31-32-33-34-35-36-37-38-39-40-42-44-50(54)51-48(49(53)43-41-11-9-7-2)47-58-59(55,56)57-46-45-52(3,4)5/h8,10,13-14,16-17,19-20,22-23,25-26,28-29,31-32,41,43,48-49,53H,6-7,9,11-12,15,18,21,24,27,30,33-40,42,44-47H2,1-5H3,(H-,51,54,55,56)/b10-8-,14-13-,17-16-,20-19-,23-22-,26-25-,29-28-,32-31-,43-41+. The van der Waals surface area contributed by atoms with Crippen LogP contribution in [0.1, 0.15) is 149 Å². The lowest BCUT2D eigenvalue weighted by molar-refractivity contribution is -0.870. The maximum atomic E-state index is 12.7. The second-order valence-electron chi connectivity index (χ2n) is 16.0. The summed E-state index contributed by atoms with van der Waals surface area (Å²) in [6.45, 7) is 4.33. The quantitative estimate of drug-likeness (QED) is 0.0276. The Labute approximate surface area is 361 Å². The van der Waals surface area contributed by atoms with E-state index in [4.69, 9.17) is 9.05 Å². The molecule has 0 saturated heterocycles. The van der Waals surface area contributed by atoms with E-state index in [9.17, 15) is 19.4 Å². The van der Waals surface area contributed by atoms with E-state index in [2.05, 4.69) is 116 Å². The third kappa shape index (κ3) is 43.1. The smallest absolute Gasteiger partial charge is 0.268 e. The van der Waals surface area contributed by atoms with Crippen molar-refractivity contribution in [3.05, 3.63) is 109 Å². The summed E-state index contributed by atoms with van der Waals surface area (Å²) in [5.41, 5.74) is 0. The zero-order chi connectivity index (χ0) is 43.6. The van der Waals surface area contributed by atoms with Crippen LogP contribution in [0.25, 0.3) is 0 Å². The molecule has 3 unspecified atom stereocenters. The Morgan fingerprint density at radius 2 is 1.03 bits per heavy atom. The normalized spacial score (nSPS) is 15.3. The highest BCUT2D eigenvalue weighted by Gasteiger charge is 2.23. The zero-order valence-corrected chi connectivity index (χ0v) is 38.8. The van der Waals surface area contributed by atoms with Gasteiger partial charge >= 0.3 is 0 Å². The first-order chi connectivity index (χ1) is 28.5. The molecule has 0 aliphatic heterocycles. The Morgan fingerprint density at radius 3 is 1.49 bits per heavy atom. The zero-order valence-electron chi connectivity index (χ0n) is 37.9. The van der Waals surface area contributed by atoms with Crippen LogP contribution in [0.5, 0.6) is 0 Å². The molecule has 0 fully saturated rings. The number of nitrogens with zero attached hydrogens (tertiary/aromatic N) is 1. The van der Waals surface area contributed by atoms with Crippen LogP contribution < -0.4 is 10.2 Å². The number of quaternary nitrogens is 1. The number of allylic oxidation sites excluding steroid dienone is 17. The number of hydrogen-bond donors (Lipinski definition) is 2. The predicted molar refractivity (Wildman–Crippen MR) is 251 cm³/mol. The number of carbonyl (C=O) groups excluding carboxylic acids is 1. The maximum absolute atomic E-state index is 12.7. The summed E-state index contributed by atoms with van der Waals surface area (Å²) in [5.74, 6) is -0.222. The summed E-state index contributed by atoms with van der Waals surface area (Å²) < 4.78 is 22.9. The Hall–Kier alpha value is -2.84. The summed E-state index contributed by atoms with van der Waals surface area (Å²) in [6.07, 6.45) is 59.3. The van der Waals surface area contributed by atoms with Gasteiger partial charge in [0.1, 0.15) is 13.2 Å². The second kappa shape index (κ2) is 40.6. The minimum absolute atomic E-state index is 0.0101. The Bertz CT molecular complexity index is 1320. The summed E-state index contributed by atoms with van der Waals surface area (Å²) in [7, 11) is 1.23. The third-order valence-electron chi connectivity index (χ3n) is 9.24. The average molecular weight is 841 g/mol. The molecule has 0 aromatic heterocycles. The summed E-state index contributed by atoms with van der Waals surface area (Å²) >= 11 is 0. The number of likely N-dealkylation sites (N-methyl/N-ethyl adjacent to an activating group) is 1. The van der Waals surface area contributed by atoms with Gasteiger partial charge in [-0.25, -0.2) is 0 Å². The Balaban J connectivity index is 3.99. The highest BCUT2D eigenvalue weighted by Crippen LogP contribution is 2.38. The summed E-state index contributed by atoms with van der Waals surface area (Å²) in [4.78, 5) is 25.0. The number of aliphatic hydroxyl groups excluding tert-OH is 1. The molecule has 0 aromatic carbocycles. The van der Waals surface area contributed by atoms with E-state index in [1.807, 2.05) is 27.2 Å². The number of aliphatic hydroxyl groups is 1. The molecule has 0 aliphatic carbocycles. The molecular weight excluding hydrogens is 756 g/mol. The highest BCUT2D eigenvalue weighted by atomic mass is 31.2. The van der Waals surface area contributed by atoms with Gasteiger partial charge in [-0.05, 0) is 77.0 Å². The predicted octanol–water partition coefficient (Wildman–Crippen LogP) is 12.3. The van der Waals surface area contributed by atoms with Crippen molar-refractivity contribution in [3.63, 3.8) is 0 Å². The van der Waals surface area contributed by atoms with E-state index in [0.717, 1.165) is 103 Å². The van der Waals surface area contributed by atoms with Gasteiger partial charge in [0.15, 0.2) is 0 Å². The molecule has 0 rings (SSSR count). The molecule has 0 spiro atoms. The van der Waals surface area contributed by atoms with E-state index >= 15 is 0 Å². The average Bonchev–Trinajstić information content (AvgIpc) is 3.19. The first-order valence-electron chi connectivity index (χ1n) is 22.7. The molecule has 9 heteroatoms. The second-order valence-corrected chi connectivity index (χ2v) is 17.4. The third-order valence-corrected chi connectivity index (χ3v) is 10.2. The van der Waals surface area contributed by atoms with E-state index in [1.54, 1.807) is 6.08 Å². The lowest BCUT2D eigenvalue weighted by atomic mass is 10.1. The lowest BCUT2D eigenvalue weighted by Crippen LogP contribution is -2.45. The Morgan fingerprint density at radius 1 is 0.610 bits per heavy atom. The van der Waals surface area contributed by atoms with Gasteiger partial charge in [-0.2, -0.15) is 0 Å². The van der Waals surface area contributed by atoms with Gasteiger partial charge in [0.05, 0.1) is 39.9 Å². The van der Waals surface area contributed by atoms with Crippen molar-refractivity contribution in [2.24, 2.45) is 0 Å². The van der Waals surface area contributed by atoms with Gasteiger partial charge in [0.2, 0.25) is 5.91 Å². The van der Waals surface area contributed by atoms with E-state index < -0.39 is 26.6 Å². The highest BCUT2D eigenvalue weighted by molar-refractivity contribution is 7.45. The van der Waals surface area contributed by atoms with Gasteiger partial charge in [0.25, 0.3) is 7.82 Å². The van der Waals surface area contributed by atoms with E-state index in [1.165, 1.54) is 25.7 Å². The van der Waals surface area contributed by atoms with Gasteiger partial charge in [-0.1, -0.05) is 175 Å². The van der Waals surface area contributed by atoms with E-state index in [0.29, 0.717) is 17.4 Å². The van der Waals surface area contributed by atoms with Crippen LogP contribution in [-0.4, -0.2) is 68.5 Å². The van der Waals surface area contributed by atoms with Crippen molar-refractivity contribution in [2.75, 3.05) is 40.9 Å². The number of unbranched alkanes of at least 4 members (excludes halogenated alkanes) is 10. The molecule has 3 atom stereocenters. The lowest BCUT2D eigenvalue weighted by Gasteiger charge is -2.29. The number of nitrogens with one attached hydrogen (secondary N) is 1. The van der Waals surface area contributed by atoms with Crippen molar-refractivity contribution in [3.8, 4) is 0 Å². The molecule has 8 nitrogen and oxygen atoms in total. The fraction of sp³-hybridized carbons (Fsp3) is 0.620. The van der Waals surface area contributed by atoms with Gasteiger partial charge in [-0.3, -0.25) is 9.36 Å². The largest absolute Gasteiger partial charge is 0.756 e. The van der Waals surface area contributed by atoms with Crippen LogP contribution in [0.15, 0.2) is 109 Å². The van der Waals surface area contributed by atoms with Crippen LogP contribution in [-0.2, 0) is 18.4 Å². The topological polar surface area (TPSA) is 108 Å².